The molecular weight excluding hydrogens is 489 g/mol. The first-order valence-electron chi connectivity index (χ1n) is 12.7. The van der Waals surface area contributed by atoms with E-state index in [9.17, 15) is 19.0 Å². The van der Waals surface area contributed by atoms with Crippen molar-refractivity contribution in [3.05, 3.63) is 29.3 Å². The Labute approximate surface area is 210 Å². The largest absolute Gasteiger partial charge is 0.493 e. The fourth-order valence-corrected chi connectivity index (χ4v) is 7.32. The Morgan fingerprint density at radius 3 is 2.81 bits per heavy atom. The molecule has 1 saturated heterocycles. The lowest BCUT2D eigenvalue weighted by Crippen LogP contribution is -2.44. The number of carboxylic acids is 2. The Bertz CT molecular complexity index is 1020. The van der Waals surface area contributed by atoms with Crippen LogP contribution in [0.15, 0.2) is 18.2 Å². The first-order valence-corrected chi connectivity index (χ1v) is 14.2. The van der Waals surface area contributed by atoms with Gasteiger partial charge in [-0.15, -0.1) is 0 Å². The maximum absolute atomic E-state index is 12.1. The second-order valence-corrected chi connectivity index (χ2v) is 11.8. The van der Waals surface area contributed by atoms with Crippen LogP contribution in [0, 0.1) is 11.8 Å². The van der Waals surface area contributed by atoms with Crippen molar-refractivity contribution in [3.8, 4) is 5.75 Å². The molecule has 6 atom stereocenters. The molecule has 1 aromatic carbocycles. The fourth-order valence-electron chi connectivity index (χ4n) is 6.24. The summed E-state index contributed by atoms with van der Waals surface area (Å²) in [5, 5.41) is 19.8. The van der Waals surface area contributed by atoms with Gasteiger partial charge < -0.3 is 24.6 Å². The Morgan fingerprint density at radius 1 is 1.25 bits per heavy atom. The topological polar surface area (TPSA) is 152 Å². The van der Waals surface area contributed by atoms with E-state index in [4.69, 9.17) is 24.2 Å². The zero-order chi connectivity index (χ0) is 25.9. The van der Waals surface area contributed by atoms with Crippen molar-refractivity contribution < 1.29 is 43.3 Å². The van der Waals surface area contributed by atoms with E-state index >= 15 is 0 Å². The van der Waals surface area contributed by atoms with Crippen LogP contribution in [0.4, 0.5) is 0 Å². The predicted molar refractivity (Wildman–Crippen MR) is 130 cm³/mol. The van der Waals surface area contributed by atoms with Crippen LogP contribution in [0.1, 0.15) is 68.9 Å². The number of aliphatic carboxylic acids is 2. The van der Waals surface area contributed by atoms with E-state index in [2.05, 4.69) is 19.1 Å². The SMILES string of the molecule is C[C@]12CCC3c4ccc(OCCCOP(=O)(O)N[C@@H](CCC(=O)O)C(=O)O)cc4CCC3C1CCO2. The van der Waals surface area contributed by atoms with Gasteiger partial charge in [0.25, 0.3) is 0 Å². The molecule has 0 radical (unpaired) electrons. The van der Waals surface area contributed by atoms with Gasteiger partial charge >= 0.3 is 19.7 Å². The molecule has 4 rings (SSSR count). The third kappa shape index (κ3) is 6.29. The molecule has 4 N–H and O–H groups in total. The van der Waals surface area contributed by atoms with Crippen LogP contribution in [0.3, 0.4) is 0 Å². The highest BCUT2D eigenvalue weighted by Crippen LogP contribution is 2.55. The Kier molecular flexibility index (Phi) is 8.42. The maximum Gasteiger partial charge on any atom is 0.403 e. The molecule has 0 bridgehead atoms. The predicted octanol–water partition coefficient (Wildman–Crippen LogP) is 3.72. The van der Waals surface area contributed by atoms with Crippen LogP contribution in [0.25, 0.3) is 0 Å². The van der Waals surface area contributed by atoms with E-state index in [1.54, 1.807) is 0 Å². The number of rotatable bonds is 12. The van der Waals surface area contributed by atoms with Crippen molar-refractivity contribution in [2.24, 2.45) is 11.8 Å². The molecule has 3 aliphatic rings. The van der Waals surface area contributed by atoms with Gasteiger partial charge in [0.15, 0.2) is 0 Å². The molecule has 11 heteroatoms. The van der Waals surface area contributed by atoms with Crippen molar-refractivity contribution in [2.45, 2.75) is 75.9 Å². The zero-order valence-electron chi connectivity index (χ0n) is 20.6. The molecule has 0 spiro atoms. The van der Waals surface area contributed by atoms with Gasteiger partial charge in [0, 0.05) is 19.4 Å². The first-order chi connectivity index (χ1) is 17.1. The van der Waals surface area contributed by atoms with Gasteiger partial charge in [0.2, 0.25) is 0 Å². The van der Waals surface area contributed by atoms with Crippen LogP contribution in [0.5, 0.6) is 5.75 Å². The standard InChI is InChI=1S/C25H36NO9P/c1-25-11-9-19-18-6-4-17(15-16(18)3-5-20(19)21(25)10-14-34-25)33-12-2-13-35-36(31,32)26-22(24(29)30)7-8-23(27)28/h4,6,15,19-22H,2-3,5,7-14H2,1H3,(H,27,28)(H,29,30)(H2,26,31,32)/t19?,20?,21?,22-,25-/m0/s1. The van der Waals surface area contributed by atoms with Crippen LogP contribution in [0.2, 0.25) is 0 Å². The molecule has 1 saturated carbocycles. The number of hydrogen-bond acceptors (Lipinski definition) is 6. The minimum Gasteiger partial charge on any atom is -0.493 e. The van der Waals surface area contributed by atoms with E-state index in [0.717, 1.165) is 38.0 Å². The number of fused-ring (bicyclic) bond motifs is 5. The molecule has 4 unspecified atom stereocenters. The van der Waals surface area contributed by atoms with Gasteiger partial charge in [-0.3, -0.25) is 14.1 Å². The maximum atomic E-state index is 12.1. The van der Waals surface area contributed by atoms with Crippen LogP contribution >= 0.6 is 7.75 Å². The molecule has 2 fully saturated rings. The molecule has 2 aliphatic carbocycles. The summed E-state index contributed by atoms with van der Waals surface area (Å²) in [6.45, 7) is 3.31. The number of carbonyl (C=O) groups is 2. The summed E-state index contributed by atoms with van der Waals surface area (Å²) in [4.78, 5) is 31.7. The van der Waals surface area contributed by atoms with Gasteiger partial charge in [0.05, 0.1) is 18.8 Å². The molecule has 0 aromatic heterocycles. The summed E-state index contributed by atoms with van der Waals surface area (Å²) < 4.78 is 29.0. The van der Waals surface area contributed by atoms with Crippen LogP contribution < -0.4 is 9.82 Å². The number of nitrogens with one attached hydrogen (secondary N) is 1. The minimum absolute atomic E-state index is 0.0465. The second-order valence-electron chi connectivity index (χ2n) is 10.3. The van der Waals surface area contributed by atoms with E-state index < -0.39 is 32.1 Å². The van der Waals surface area contributed by atoms with Crippen molar-refractivity contribution in [1.82, 2.24) is 5.09 Å². The van der Waals surface area contributed by atoms with Gasteiger partial charge in [-0.1, -0.05) is 6.07 Å². The van der Waals surface area contributed by atoms with Crippen molar-refractivity contribution >= 4 is 19.7 Å². The summed E-state index contributed by atoms with van der Waals surface area (Å²) in [5.41, 5.74) is 2.81. The summed E-state index contributed by atoms with van der Waals surface area (Å²) >= 11 is 0. The summed E-state index contributed by atoms with van der Waals surface area (Å²) in [5.74, 6) is 0.0286. The zero-order valence-corrected chi connectivity index (χ0v) is 21.5. The summed E-state index contributed by atoms with van der Waals surface area (Å²) in [7, 11) is -4.41. The van der Waals surface area contributed by atoms with Crippen molar-refractivity contribution in [3.63, 3.8) is 0 Å². The van der Waals surface area contributed by atoms with E-state index in [0.29, 0.717) is 24.2 Å². The summed E-state index contributed by atoms with van der Waals surface area (Å²) in [6, 6.07) is 4.77. The lowest BCUT2D eigenvalue weighted by Gasteiger charge is -2.48. The Morgan fingerprint density at radius 2 is 2.06 bits per heavy atom. The number of carboxylic acid groups (broad SMARTS) is 2. The lowest BCUT2D eigenvalue weighted by atomic mass is 9.59. The third-order valence-electron chi connectivity index (χ3n) is 7.98. The molecule has 0 amide bonds. The highest BCUT2D eigenvalue weighted by atomic mass is 31.2. The van der Waals surface area contributed by atoms with Gasteiger partial charge in [-0.2, -0.15) is 0 Å². The molecule has 1 heterocycles. The van der Waals surface area contributed by atoms with Crippen LogP contribution in [-0.2, 0) is 29.8 Å². The number of benzene rings is 1. The highest BCUT2D eigenvalue weighted by molar-refractivity contribution is 7.50. The van der Waals surface area contributed by atoms with Gasteiger partial charge in [-0.05, 0) is 86.5 Å². The number of hydrogen-bond donors (Lipinski definition) is 4. The molecule has 10 nitrogen and oxygen atoms in total. The van der Waals surface area contributed by atoms with E-state index in [1.807, 2.05) is 11.2 Å². The first kappa shape index (κ1) is 27.1. The highest BCUT2D eigenvalue weighted by Gasteiger charge is 2.51. The average Bonchev–Trinajstić information content (AvgIpc) is 3.22. The smallest absolute Gasteiger partial charge is 0.403 e. The lowest BCUT2D eigenvalue weighted by molar-refractivity contribution is -0.140. The molecule has 36 heavy (non-hydrogen) atoms. The Balaban J connectivity index is 1.23. The van der Waals surface area contributed by atoms with Crippen LogP contribution in [-0.4, -0.2) is 58.5 Å². The summed E-state index contributed by atoms with van der Waals surface area (Å²) in [6.07, 6.45) is 5.14. The average molecular weight is 526 g/mol. The monoisotopic (exact) mass is 525 g/mol. The molecular formula is C25H36NO9P. The second kappa shape index (κ2) is 11.2. The normalized spacial score (nSPS) is 29.3. The van der Waals surface area contributed by atoms with Gasteiger partial charge in [0.1, 0.15) is 11.8 Å². The van der Waals surface area contributed by atoms with E-state index in [-0.39, 0.29) is 25.2 Å². The van der Waals surface area contributed by atoms with Crippen molar-refractivity contribution in [2.75, 3.05) is 19.8 Å². The molecule has 1 aromatic rings. The minimum atomic E-state index is -4.41. The van der Waals surface area contributed by atoms with Gasteiger partial charge in [-0.25, -0.2) is 9.65 Å². The molecule has 1 aliphatic heterocycles. The van der Waals surface area contributed by atoms with Crippen molar-refractivity contribution in [1.29, 1.82) is 0 Å². The quantitative estimate of drug-likeness (QED) is 0.235. The van der Waals surface area contributed by atoms with E-state index in [1.165, 1.54) is 17.5 Å². The Hall–Kier alpha value is -1.97. The number of aryl methyl sites for hydroxylation is 1. The number of ether oxygens (including phenoxy) is 2. The fraction of sp³-hybridized carbons (Fsp3) is 0.680. The third-order valence-corrected chi connectivity index (χ3v) is 9.15. The molecule has 200 valence electrons.